The molecule has 0 aliphatic rings. The molecule has 2 heteroatoms. The fraction of sp³-hybridized carbons (Fsp3) is 1.00. The Kier molecular flexibility index (Phi) is 73.9. The molecule has 0 aliphatic carbocycles. The van der Waals surface area contributed by atoms with Crippen LogP contribution in [0.25, 0.3) is 0 Å². The molecule has 0 saturated heterocycles. The van der Waals surface area contributed by atoms with Crippen LogP contribution in [0.5, 0.6) is 0 Å². The minimum absolute atomic E-state index is 0. The lowest BCUT2D eigenvalue weighted by molar-refractivity contribution is 2.50. The summed E-state index contributed by atoms with van der Waals surface area (Å²) >= 11 is 1.87. The molecule has 0 amide bonds. The normalized spacial score (nSPS) is 4.75. The van der Waals surface area contributed by atoms with Crippen LogP contribution in [-0.4, -0.2) is 1.12 Å². The van der Waals surface area contributed by atoms with Crippen molar-refractivity contribution in [2.45, 2.75) is 14.9 Å². The van der Waals surface area contributed by atoms with Crippen molar-refractivity contribution in [2.24, 2.45) is 0 Å². The Morgan fingerprint density at radius 3 is 1.75 bits per heavy atom. The summed E-state index contributed by atoms with van der Waals surface area (Å²) in [5.41, 5.74) is 0. The summed E-state index contributed by atoms with van der Waals surface area (Å²) < 4.78 is 6.11. The minimum atomic E-state index is 0. The van der Waals surface area contributed by atoms with E-state index in [1.165, 1.54) is 0 Å². The Bertz CT molecular complexity index is 9.61. The van der Waals surface area contributed by atoms with Gasteiger partial charge in [0.2, 0.25) is 0 Å². The largest absolute Gasteiger partial charge is 0.114 e. The van der Waals surface area contributed by atoms with Crippen molar-refractivity contribution in [3.63, 3.8) is 0 Å². The molecule has 0 fully saturated rings. The Labute approximate surface area is 47.1 Å². The first-order valence-electron chi connectivity index (χ1n) is 0.563. The summed E-state index contributed by atoms with van der Waals surface area (Å²) in [5, 5.41) is 0. The van der Waals surface area contributed by atoms with Gasteiger partial charge in [0.1, 0.15) is 1.12 Å². The van der Waals surface area contributed by atoms with Gasteiger partial charge >= 0.3 is 0 Å². The first-order chi connectivity index (χ1) is 1.41. The van der Waals surface area contributed by atoms with E-state index in [4.69, 9.17) is 1.12 Å². The van der Waals surface area contributed by atoms with Crippen LogP contribution < -0.4 is 0 Å². The summed E-state index contributed by atoms with van der Waals surface area (Å²) in [5.74, 6) is 0. The van der Waals surface area contributed by atoms with Gasteiger partial charge in [-0.05, 0) is 21.2 Å². The van der Waals surface area contributed by atoms with Crippen LogP contribution in [0.3, 0.4) is 0 Å². The molecule has 0 aromatic heterocycles. The first kappa shape index (κ1) is 8.91. The molecule has 0 radical (unpaired) electrons. The van der Waals surface area contributed by atoms with E-state index < -0.39 is 0 Å². The van der Waals surface area contributed by atoms with Crippen LogP contribution in [0.4, 0.5) is 0 Å². The predicted molar refractivity (Wildman–Crippen MR) is 36.5 cm³/mol. The summed E-state index contributed by atoms with van der Waals surface area (Å²) in [7, 11) is 0.970. The number of thiol groups is 1. The molecule has 30 valence electrons. The van der Waals surface area contributed by atoms with E-state index in [1.807, 2.05) is 21.2 Å². The summed E-state index contributed by atoms with van der Waals surface area (Å²) in [4.78, 5) is 0. The Morgan fingerprint density at radius 2 is 1.75 bits per heavy atom. The average Bonchev–Trinajstić information content (AvgIpc) is 0.918. The van der Waals surface area contributed by atoms with Crippen molar-refractivity contribution >= 4 is 30.9 Å². The van der Waals surface area contributed by atoms with Crippen molar-refractivity contribution in [3.8, 4) is 0 Å². The van der Waals surface area contributed by atoms with Gasteiger partial charge in [-0.15, -0.1) is 9.70 Å². The van der Waals surface area contributed by atoms with Gasteiger partial charge in [-0.3, -0.25) is 0 Å². The molecule has 0 bridgehead atoms. The molecule has 0 aromatic carbocycles. The van der Waals surface area contributed by atoms with Crippen molar-refractivity contribution in [2.75, 3.05) is 0 Å². The first-order valence-corrected chi connectivity index (χ1v) is 3.11. The van der Waals surface area contributed by atoms with Crippen LogP contribution >= 0.6 is 30.9 Å². The zero-order valence-corrected chi connectivity index (χ0v) is 3.76. The molecule has 0 heterocycles. The van der Waals surface area contributed by atoms with E-state index in [2.05, 4.69) is 0 Å². The molecule has 0 unspecified atom stereocenters. The smallest absolute Gasteiger partial charge is 0.107 e. The molecule has 4 heavy (non-hydrogen) atoms. The number of hydrogen-bond acceptors (Lipinski definition) is 1. The second-order valence-corrected chi connectivity index (χ2v) is 0. The molecule has 0 rings (SSSR count). The minimum Gasteiger partial charge on any atom is -0.107 e. The van der Waals surface area contributed by atoms with Crippen molar-refractivity contribution in [1.82, 2.24) is 0 Å². The Balaban J connectivity index is -0.0000000200. The van der Waals surface area contributed by atoms with E-state index in [0.29, 0.717) is 0 Å². The van der Waals surface area contributed by atoms with Crippen molar-refractivity contribution < 1.29 is 0 Å². The van der Waals surface area contributed by atoms with Gasteiger partial charge in [-0.2, -0.15) is 0 Å². The maximum Gasteiger partial charge on any atom is 0.114 e. The molecule has 0 aromatic rings. The van der Waals surface area contributed by atoms with Crippen molar-refractivity contribution in [3.05, 3.63) is 0 Å². The lowest BCUT2D eigenvalue weighted by Gasteiger charge is -1.06. The SMILES string of the molecule is C.C.[2H]SI. The fourth-order valence-electron chi connectivity index (χ4n) is 0. The maximum atomic E-state index is 6.11. The molecule has 0 spiro atoms. The van der Waals surface area contributed by atoms with Gasteiger partial charge in [0.05, 0.1) is 0 Å². The van der Waals surface area contributed by atoms with E-state index in [-0.39, 0.29) is 14.9 Å². The zero-order valence-electron chi connectivity index (χ0n) is 1.79. The Morgan fingerprint density at radius 1 is 1.75 bits per heavy atom. The quantitative estimate of drug-likeness (QED) is 0.443. The predicted octanol–water partition coefficient (Wildman–Crippen LogP) is 2.54. The molecule has 0 aliphatic heterocycles. The third-order valence-corrected chi connectivity index (χ3v) is 0. The molecule has 0 atom stereocenters. The van der Waals surface area contributed by atoms with Gasteiger partial charge < -0.3 is 0 Å². The van der Waals surface area contributed by atoms with Crippen LogP contribution in [0.15, 0.2) is 0 Å². The molecular formula is C2H9IS. The number of hydrogen-bond donors (Lipinski definition) is 1. The lowest BCUT2D eigenvalue weighted by Crippen LogP contribution is -0.240. The van der Waals surface area contributed by atoms with E-state index in [1.54, 1.807) is 0 Å². The monoisotopic (exact) mass is 193 g/mol. The van der Waals surface area contributed by atoms with E-state index in [0.717, 1.165) is 9.70 Å². The summed E-state index contributed by atoms with van der Waals surface area (Å²) in [6, 6.07) is 0. The summed E-state index contributed by atoms with van der Waals surface area (Å²) in [6.45, 7) is 0. The van der Waals surface area contributed by atoms with Crippen LogP contribution in [0, 0.1) is 0 Å². The lowest BCUT2D eigenvalue weighted by atomic mass is 12.0. The van der Waals surface area contributed by atoms with Gasteiger partial charge in [-0.1, -0.05) is 14.9 Å². The summed E-state index contributed by atoms with van der Waals surface area (Å²) in [6.07, 6.45) is 0. The zero-order chi connectivity index (χ0) is 2.71. The second-order valence-electron chi connectivity index (χ2n) is 0. The van der Waals surface area contributed by atoms with Gasteiger partial charge in [-0.25, -0.2) is 0 Å². The highest BCUT2D eigenvalue weighted by molar-refractivity contribution is 14.2. The third kappa shape index (κ3) is 11.4. The molecule has 0 nitrogen and oxygen atoms in total. The fourth-order valence-corrected chi connectivity index (χ4v) is 0. The van der Waals surface area contributed by atoms with Crippen LogP contribution in [0.1, 0.15) is 14.9 Å². The van der Waals surface area contributed by atoms with Crippen LogP contribution in [-0.2, 0) is 0 Å². The highest BCUT2D eigenvalue weighted by Crippen LogP contribution is 1.77. The topological polar surface area (TPSA) is 0 Å². The van der Waals surface area contributed by atoms with Gasteiger partial charge in [0.15, 0.2) is 0 Å². The molecule has 0 saturated carbocycles. The number of rotatable bonds is 0. The van der Waals surface area contributed by atoms with Crippen molar-refractivity contribution in [1.29, 1.82) is 1.12 Å². The second kappa shape index (κ2) is 33.2. The van der Waals surface area contributed by atoms with Crippen LogP contribution in [0.2, 0.25) is 0 Å². The Hall–Kier alpha value is 1.08. The highest BCUT2D eigenvalue weighted by Gasteiger charge is 0.944. The standard InChI is InChI=1S/2CH4.HIS/c;;1-2/h2*1H4;2H/i;;2D. The molecule has 0 N–H and O–H groups in total. The van der Waals surface area contributed by atoms with E-state index >= 15 is 0 Å². The number of halogens is 1. The van der Waals surface area contributed by atoms with Gasteiger partial charge in [0, 0.05) is 0 Å². The average molecular weight is 193 g/mol. The van der Waals surface area contributed by atoms with E-state index in [9.17, 15) is 0 Å². The van der Waals surface area contributed by atoms with Gasteiger partial charge in [0.25, 0.3) is 0 Å². The maximum absolute atomic E-state index is 6.11. The molecular weight excluding hydrogens is 183 g/mol. The third-order valence-electron chi connectivity index (χ3n) is 0. The highest BCUT2D eigenvalue weighted by atomic mass is 127.